The SMILES string of the molecule is CN=C(NCCN(C)CCCOC)NCC(=O)NCc1ccco1. The second-order valence-electron chi connectivity index (χ2n) is 5.36. The van der Waals surface area contributed by atoms with Gasteiger partial charge in [0.05, 0.1) is 19.4 Å². The molecule has 0 aliphatic rings. The van der Waals surface area contributed by atoms with Crippen molar-refractivity contribution in [1.82, 2.24) is 20.9 Å². The van der Waals surface area contributed by atoms with Crippen LogP contribution in [0.3, 0.4) is 0 Å². The zero-order chi connectivity index (χ0) is 17.6. The molecule has 0 aliphatic carbocycles. The number of likely N-dealkylation sites (N-methyl/N-ethyl adjacent to an activating group) is 1. The van der Waals surface area contributed by atoms with Gasteiger partial charge in [-0.3, -0.25) is 9.79 Å². The van der Waals surface area contributed by atoms with Crippen molar-refractivity contribution in [3.05, 3.63) is 24.2 Å². The van der Waals surface area contributed by atoms with Crippen LogP contribution in [0, 0.1) is 0 Å². The number of amides is 1. The van der Waals surface area contributed by atoms with Crippen molar-refractivity contribution >= 4 is 11.9 Å². The quantitative estimate of drug-likeness (QED) is 0.299. The molecule has 0 radical (unpaired) electrons. The minimum atomic E-state index is -0.119. The third kappa shape index (κ3) is 9.16. The summed E-state index contributed by atoms with van der Waals surface area (Å²) in [5.74, 6) is 1.21. The highest BCUT2D eigenvalue weighted by molar-refractivity contribution is 5.86. The van der Waals surface area contributed by atoms with E-state index in [9.17, 15) is 4.79 Å². The van der Waals surface area contributed by atoms with Gasteiger partial charge in [-0.25, -0.2) is 0 Å². The standard InChI is InChI=1S/C16H29N5O3/c1-17-16(18-7-9-21(2)8-5-10-23-3)20-13-15(22)19-12-14-6-4-11-24-14/h4,6,11H,5,7-10,12-13H2,1-3H3,(H,19,22)(H2,17,18,20). The van der Waals surface area contributed by atoms with E-state index < -0.39 is 0 Å². The maximum atomic E-state index is 11.8. The van der Waals surface area contributed by atoms with Crippen LogP contribution in [0.1, 0.15) is 12.2 Å². The lowest BCUT2D eigenvalue weighted by Gasteiger charge is -2.18. The molecule has 0 spiro atoms. The zero-order valence-corrected chi connectivity index (χ0v) is 14.8. The molecule has 8 heteroatoms. The molecule has 1 rings (SSSR count). The number of carbonyl (C=O) groups excluding carboxylic acids is 1. The molecule has 0 saturated carbocycles. The molecule has 1 heterocycles. The minimum absolute atomic E-state index is 0.119. The minimum Gasteiger partial charge on any atom is -0.467 e. The summed E-state index contributed by atoms with van der Waals surface area (Å²) in [5, 5.41) is 8.94. The summed E-state index contributed by atoms with van der Waals surface area (Å²) in [6.07, 6.45) is 2.59. The van der Waals surface area contributed by atoms with Gasteiger partial charge in [0, 0.05) is 40.4 Å². The van der Waals surface area contributed by atoms with E-state index >= 15 is 0 Å². The maximum absolute atomic E-state index is 11.8. The molecule has 0 unspecified atom stereocenters. The van der Waals surface area contributed by atoms with Crippen LogP contribution in [0.5, 0.6) is 0 Å². The molecule has 1 aromatic rings. The van der Waals surface area contributed by atoms with Gasteiger partial charge in [-0.15, -0.1) is 0 Å². The first kappa shape index (κ1) is 20.0. The fraction of sp³-hybridized carbons (Fsp3) is 0.625. The van der Waals surface area contributed by atoms with Gasteiger partial charge in [0.1, 0.15) is 5.76 Å². The van der Waals surface area contributed by atoms with Gasteiger partial charge in [-0.05, 0) is 25.6 Å². The van der Waals surface area contributed by atoms with Crippen LogP contribution in [0.4, 0.5) is 0 Å². The predicted molar refractivity (Wildman–Crippen MR) is 93.9 cm³/mol. The zero-order valence-electron chi connectivity index (χ0n) is 14.8. The topological polar surface area (TPSA) is 91.1 Å². The van der Waals surface area contributed by atoms with Gasteiger partial charge in [0.15, 0.2) is 5.96 Å². The van der Waals surface area contributed by atoms with Crippen LogP contribution < -0.4 is 16.0 Å². The van der Waals surface area contributed by atoms with Crippen molar-refractivity contribution in [2.45, 2.75) is 13.0 Å². The van der Waals surface area contributed by atoms with E-state index in [0.717, 1.165) is 38.4 Å². The molecule has 1 aromatic heterocycles. The third-order valence-corrected chi connectivity index (χ3v) is 3.35. The van der Waals surface area contributed by atoms with Crippen LogP contribution >= 0.6 is 0 Å². The maximum Gasteiger partial charge on any atom is 0.239 e. The Morgan fingerprint density at radius 3 is 2.83 bits per heavy atom. The summed E-state index contributed by atoms with van der Waals surface area (Å²) in [4.78, 5) is 18.1. The smallest absolute Gasteiger partial charge is 0.239 e. The summed E-state index contributed by atoms with van der Waals surface area (Å²) < 4.78 is 10.2. The number of rotatable bonds is 11. The van der Waals surface area contributed by atoms with Crippen LogP contribution in [0.25, 0.3) is 0 Å². The van der Waals surface area contributed by atoms with Gasteiger partial charge in [-0.1, -0.05) is 0 Å². The summed E-state index contributed by atoms with van der Waals surface area (Å²) in [6.45, 7) is 3.92. The monoisotopic (exact) mass is 339 g/mol. The Labute approximate surface area is 143 Å². The molecule has 0 bridgehead atoms. The van der Waals surface area contributed by atoms with E-state index in [1.807, 2.05) is 6.07 Å². The second kappa shape index (κ2) is 12.4. The Kier molecular flexibility index (Phi) is 10.3. The molecule has 1 amide bonds. The highest BCUT2D eigenvalue weighted by atomic mass is 16.5. The molecule has 24 heavy (non-hydrogen) atoms. The first-order valence-electron chi connectivity index (χ1n) is 8.06. The van der Waals surface area contributed by atoms with Gasteiger partial charge in [0.25, 0.3) is 0 Å². The van der Waals surface area contributed by atoms with Crippen molar-refractivity contribution < 1.29 is 13.9 Å². The Bertz CT molecular complexity index is 476. The molecule has 0 saturated heterocycles. The van der Waals surface area contributed by atoms with E-state index in [-0.39, 0.29) is 12.5 Å². The largest absolute Gasteiger partial charge is 0.467 e. The highest BCUT2D eigenvalue weighted by Crippen LogP contribution is 1.97. The summed E-state index contributed by atoms with van der Waals surface area (Å²) in [5.41, 5.74) is 0. The molecule has 0 aliphatic heterocycles. The van der Waals surface area contributed by atoms with E-state index in [4.69, 9.17) is 9.15 Å². The van der Waals surface area contributed by atoms with Crippen LogP contribution in [-0.2, 0) is 16.1 Å². The van der Waals surface area contributed by atoms with Gasteiger partial charge >= 0.3 is 0 Å². The van der Waals surface area contributed by atoms with Gasteiger partial charge < -0.3 is 30.0 Å². The van der Waals surface area contributed by atoms with Crippen molar-refractivity contribution in [1.29, 1.82) is 0 Å². The lowest BCUT2D eigenvalue weighted by molar-refractivity contribution is -0.120. The summed E-state index contributed by atoms with van der Waals surface area (Å²) in [7, 11) is 5.45. The van der Waals surface area contributed by atoms with E-state index in [1.54, 1.807) is 26.5 Å². The molecular weight excluding hydrogens is 310 g/mol. The first-order valence-corrected chi connectivity index (χ1v) is 8.06. The number of furan rings is 1. The lowest BCUT2D eigenvalue weighted by Crippen LogP contribution is -2.45. The fourth-order valence-corrected chi connectivity index (χ4v) is 2.00. The normalized spacial score (nSPS) is 11.6. The number of guanidine groups is 1. The Hall–Kier alpha value is -2.06. The van der Waals surface area contributed by atoms with E-state index in [2.05, 4.69) is 32.9 Å². The number of nitrogens with zero attached hydrogens (tertiary/aromatic N) is 2. The first-order chi connectivity index (χ1) is 11.7. The van der Waals surface area contributed by atoms with E-state index in [0.29, 0.717) is 12.5 Å². The Balaban J connectivity index is 2.12. The predicted octanol–water partition coefficient (Wildman–Crippen LogP) is 0.0291. The molecule has 0 fully saturated rings. The molecule has 3 N–H and O–H groups in total. The Morgan fingerprint density at radius 1 is 1.33 bits per heavy atom. The lowest BCUT2D eigenvalue weighted by atomic mass is 10.4. The van der Waals surface area contributed by atoms with Crippen molar-refractivity contribution in [2.75, 3.05) is 54.0 Å². The molecule has 0 atom stereocenters. The van der Waals surface area contributed by atoms with Crippen molar-refractivity contribution in [3.63, 3.8) is 0 Å². The molecular formula is C16H29N5O3. The number of aliphatic imine (C=N–C) groups is 1. The van der Waals surface area contributed by atoms with Crippen LogP contribution in [0.15, 0.2) is 27.8 Å². The van der Waals surface area contributed by atoms with Crippen LogP contribution in [0.2, 0.25) is 0 Å². The van der Waals surface area contributed by atoms with Gasteiger partial charge in [0.2, 0.25) is 5.91 Å². The average molecular weight is 339 g/mol. The molecule has 8 nitrogen and oxygen atoms in total. The third-order valence-electron chi connectivity index (χ3n) is 3.35. The number of nitrogens with one attached hydrogen (secondary N) is 3. The number of hydrogen-bond acceptors (Lipinski definition) is 5. The van der Waals surface area contributed by atoms with Crippen LogP contribution in [-0.4, -0.2) is 70.8 Å². The molecule has 136 valence electrons. The molecule has 0 aromatic carbocycles. The number of hydrogen-bond donors (Lipinski definition) is 3. The van der Waals surface area contributed by atoms with E-state index in [1.165, 1.54) is 0 Å². The summed E-state index contributed by atoms with van der Waals surface area (Å²) >= 11 is 0. The number of methoxy groups -OCH3 is 1. The van der Waals surface area contributed by atoms with Crippen molar-refractivity contribution in [3.8, 4) is 0 Å². The number of carbonyl (C=O) groups is 1. The summed E-state index contributed by atoms with van der Waals surface area (Å²) in [6, 6.07) is 3.61. The van der Waals surface area contributed by atoms with Gasteiger partial charge in [-0.2, -0.15) is 0 Å². The van der Waals surface area contributed by atoms with Crippen molar-refractivity contribution in [2.24, 2.45) is 4.99 Å². The highest BCUT2D eigenvalue weighted by Gasteiger charge is 2.05. The fourth-order valence-electron chi connectivity index (χ4n) is 2.00. The Morgan fingerprint density at radius 2 is 2.17 bits per heavy atom. The number of ether oxygens (including phenoxy) is 1. The second-order valence-corrected chi connectivity index (χ2v) is 5.36. The average Bonchev–Trinajstić information content (AvgIpc) is 3.09.